The van der Waals surface area contributed by atoms with Gasteiger partial charge in [0.25, 0.3) is 0 Å². The van der Waals surface area contributed by atoms with Gasteiger partial charge in [-0.3, -0.25) is 0 Å². The summed E-state index contributed by atoms with van der Waals surface area (Å²) in [5.41, 5.74) is 7.85. The summed E-state index contributed by atoms with van der Waals surface area (Å²) in [7, 11) is 1.48. The molecule has 0 aliphatic heterocycles. The molecule has 1 heterocycles. The largest absolute Gasteiger partial charge is 0.467 e. The van der Waals surface area contributed by atoms with Gasteiger partial charge in [-0.1, -0.05) is 24.3 Å². The van der Waals surface area contributed by atoms with Crippen LogP contribution >= 0.6 is 11.6 Å². The van der Waals surface area contributed by atoms with Crippen LogP contribution in [-0.2, 0) is 13.0 Å². The molecule has 0 aliphatic rings. The normalized spacial score (nSPS) is 10.3. The molecule has 3 N–H and O–H groups in total. The van der Waals surface area contributed by atoms with Crippen molar-refractivity contribution in [3.8, 4) is 6.01 Å². The summed E-state index contributed by atoms with van der Waals surface area (Å²) in [6, 6.07) is 8.39. The van der Waals surface area contributed by atoms with Crippen LogP contribution in [-0.4, -0.2) is 28.6 Å². The number of nitrogens with zero attached hydrogens (tertiary/aromatic N) is 3. The molecule has 106 valence electrons. The summed E-state index contributed by atoms with van der Waals surface area (Å²) in [6.45, 7) is 1.24. The van der Waals surface area contributed by atoms with E-state index in [4.69, 9.17) is 22.1 Å². The predicted octanol–water partition coefficient (Wildman–Crippen LogP) is 1.65. The number of nitrogens with one attached hydrogen (secondary N) is 1. The first-order valence-electron chi connectivity index (χ1n) is 6.18. The van der Waals surface area contributed by atoms with E-state index in [-0.39, 0.29) is 11.3 Å². The molecule has 0 saturated carbocycles. The molecule has 2 aromatic rings. The number of anilines is 1. The maximum absolute atomic E-state index is 5.77. The fourth-order valence-electron chi connectivity index (χ4n) is 1.67. The molecule has 0 radical (unpaired) electrons. The number of hydrogen-bond acceptors (Lipinski definition) is 6. The Morgan fingerprint density at radius 3 is 2.50 bits per heavy atom. The fourth-order valence-corrected chi connectivity index (χ4v) is 1.83. The lowest BCUT2D eigenvalue weighted by Gasteiger charge is -2.07. The van der Waals surface area contributed by atoms with Gasteiger partial charge in [0.05, 0.1) is 7.11 Å². The first-order chi connectivity index (χ1) is 9.71. The van der Waals surface area contributed by atoms with Gasteiger partial charge >= 0.3 is 6.01 Å². The Morgan fingerprint density at radius 1 is 1.15 bits per heavy atom. The molecule has 0 saturated heterocycles. The van der Waals surface area contributed by atoms with Crippen LogP contribution in [0, 0.1) is 0 Å². The molecule has 0 bridgehead atoms. The van der Waals surface area contributed by atoms with E-state index in [0.29, 0.717) is 19.0 Å². The number of rotatable bonds is 6. The molecule has 0 spiro atoms. The van der Waals surface area contributed by atoms with E-state index in [1.807, 2.05) is 12.1 Å². The number of ether oxygens (including phenoxy) is 1. The zero-order chi connectivity index (χ0) is 14.4. The fraction of sp³-hybridized carbons (Fsp3) is 0.308. The third kappa shape index (κ3) is 4.04. The summed E-state index contributed by atoms with van der Waals surface area (Å²) in [6.07, 6.45) is 0.883. The number of nitrogens with two attached hydrogens (primary N) is 1. The van der Waals surface area contributed by atoms with Gasteiger partial charge in [0, 0.05) is 6.54 Å². The average molecular weight is 294 g/mol. The molecule has 7 heteroatoms. The lowest BCUT2D eigenvalue weighted by molar-refractivity contribution is 0.379. The van der Waals surface area contributed by atoms with Crippen molar-refractivity contribution in [3.63, 3.8) is 0 Å². The highest BCUT2D eigenvalue weighted by atomic mass is 35.5. The monoisotopic (exact) mass is 293 g/mol. The van der Waals surface area contributed by atoms with Crippen LogP contribution in [0.5, 0.6) is 6.01 Å². The van der Waals surface area contributed by atoms with Crippen LogP contribution in [0.3, 0.4) is 0 Å². The Bertz CT molecular complexity index is 561. The van der Waals surface area contributed by atoms with Crippen molar-refractivity contribution in [2.45, 2.75) is 13.0 Å². The molecule has 2 rings (SSSR count). The van der Waals surface area contributed by atoms with Crippen molar-refractivity contribution >= 4 is 17.5 Å². The van der Waals surface area contributed by atoms with Crippen molar-refractivity contribution < 1.29 is 4.74 Å². The number of methoxy groups -OCH3 is 1. The maximum atomic E-state index is 5.77. The molecule has 0 atom stereocenters. The first-order valence-corrected chi connectivity index (χ1v) is 6.56. The maximum Gasteiger partial charge on any atom is 0.322 e. The van der Waals surface area contributed by atoms with E-state index in [9.17, 15) is 0 Å². The SMILES string of the molecule is COc1nc(Cl)nc(NCc2ccc(CCN)cc2)n1. The van der Waals surface area contributed by atoms with Crippen molar-refractivity contribution in [1.82, 2.24) is 15.0 Å². The van der Waals surface area contributed by atoms with Gasteiger partial charge in [-0.05, 0) is 35.7 Å². The molecule has 0 amide bonds. The highest BCUT2D eigenvalue weighted by Crippen LogP contribution is 2.12. The number of benzene rings is 1. The van der Waals surface area contributed by atoms with Crippen LogP contribution in [0.15, 0.2) is 24.3 Å². The van der Waals surface area contributed by atoms with Gasteiger partial charge in [0.15, 0.2) is 0 Å². The number of hydrogen-bond donors (Lipinski definition) is 2. The molecule has 20 heavy (non-hydrogen) atoms. The van der Waals surface area contributed by atoms with Crippen LogP contribution in [0.2, 0.25) is 5.28 Å². The van der Waals surface area contributed by atoms with Crippen LogP contribution < -0.4 is 15.8 Å². The average Bonchev–Trinajstić information content (AvgIpc) is 2.46. The summed E-state index contributed by atoms with van der Waals surface area (Å²) < 4.78 is 4.93. The van der Waals surface area contributed by atoms with E-state index < -0.39 is 0 Å². The van der Waals surface area contributed by atoms with Crippen molar-refractivity contribution in [2.24, 2.45) is 5.73 Å². The quantitative estimate of drug-likeness (QED) is 0.842. The lowest BCUT2D eigenvalue weighted by Crippen LogP contribution is -2.06. The minimum Gasteiger partial charge on any atom is -0.467 e. The Labute approximate surface area is 122 Å². The van der Waals surface area contributed by atoms with Gasteiger partial charge in [0.1, 0.15) is 0 Å². The third-order valence-electron chi connectivity index (χ3n) is 2.68. The Balaban J connectivity index is 1.99. The second-order valence-electron chi connectivity index (χ2n) is 4.12. The Morgan fingerprint density at radius 2 is 1.85 bits per heavy atom. The van der Waals surface area contributed by atoms with Gasteiger partial charge in [-0.15, -0.1) is 0 Å². The van der Waals surface area contributed by atoms with E-state index in [1.165, 1.54) is 12.7 Å². The van der Waals surface area contributed by atoms with E-state index in [0.717, 1.165) is 12.0 Å². The highest BCUT2D eigenvalue weighted by Gasteiger charge is 2.04. The summed E-state index contributed by atoms with van der Waals surface area (Å²) >= 11 is 5.77. The zero-order valence-corrected chi connectivity index (χ0v) is 11.9. The topological polar surface area (TPSA) is 86.0 Å². The Kier molecular flexibility index (Phi) is 5.09. The second kappa shape index (κ2) is 7.02. The molecule has 0 unspecified atom stereocenters. The first kappa shape index (κ1) is 14.5. The standard InChI is InChI=1S/C13H16ClN5O/c1-20-13-18-11(14)17-12(19-13)16-8-10-4-2-9(3-5-10)6-7-15/h2-5H,6-8,15H2,1H3,(H,16,17,18,19). The lowest BCUT2D eigenvalue weighted by atomic mass is 10.1. The number of aromatic nitrogens is 3. The molecular weight excluding hydrogens is 278 g/mol. The molecule has 1 aromatic heterocycles. The molecule has 0 fully saturated rings. The van der Waals surface area contributed by atoms with Crippen molar-refractivity contribution in [3.05, 3.63) is 40.7 Å². The van der Waals surface area contributed by atoms with Gasteiger partial charge in [-0.25, -0.2) is 0 Å². The van der Waals surface area contributed by atoms with Gasteiger partial charge in [0.2, 0.25) is 11.2 Å². The van der Waals surface area contributed by atoms with Crippen LogP contribution in [0.25, 0.3) is 0 Å². The predicted molar refractivity (Wildman–Crippen MR) is 77.9 cm³/mol. The third-order valence-corrected chi connectivity index (χ3v) is 2.85. The minimum absolute atomic E-state index is 0.0950. The summed E-state index contributed by atoms with van der Waals surface area (Å²) in [5.74, 6) is 0.382. The summed E-state index contributed by atoms with van der Waals surface area (Å²) in [4.78, 5) is 11.8. The van der Waals surface area contributed by atoms with Crippen LogP contribution in [0.4, 0.5) is 5.95 Å². The van der Waals surface area contributed by atoms with Gasteiger partial charge < -0.3 is 15.8 Å². The minimum atomic E-state index is 0.0950. The highest BCUT2D eigenvalue weighted by molar-refractivity contribution is 6.28. The molecule has 6 nitrogen and oxygen atoms in total. The van der Waals surface area contributed by atoms with Crippen molar-refractivity contribution in [1.29, 1.82) is 0 Å². The molecular formula is C13H16ClN5O. The van der Waals surface area contributed by atoms with Crippen LogP contribution in [0.1, 0.15) is 11.1 Å². The smallest absolute Gasteiger partial charge is 0.322 e. The van der Waals surface area contributed by atoms with E-state index in [1.54, 1.807) is 0 Å². The molecule has 1 aromatic carbocycles. The molecule has 0 aliphatic carbocycles. The van der Waals surface area contributed by atoms with Crippen molar-refractivity contribution in [2.75, 3.05) is 19.0 Å². The second-order valence-corrected chi connectivity index (χ2v) is 4.46. The number of halogens is 1. The van der Waals surface area contributed by atoms with E-state index in [2.05, 4.69) is 32.4 Å². The summed E-state index contributed by atoms with van der Waals surface area (Å²) in [5, 5.41) is 3.17. The zero-order valence-electron chi connectivity index (χ0n) is 11.1. The van der Waals surface area contributed by atoms with Gasteiger partial charge in [-0.2, -0.15) is 15.0 Å². The van der Waals surface area contributed by atoms with E-state index >= 15 is 0 Å². The Hall–Kier alpha value is -1.92.